The van der Waals surface area contributed by atoms with Crippen molar-refractivity contribution in [3.63, 3.8) is 0 Å². The number of hydrogen-bond donors (Lipinski definition) is 1. The first kappa shape index (κ1) is 22.6. The van der Waals surface area contributed by atoms with E-state index in [-0.39, 0.29) is 30.3 Å². The minimum Gasteiger partial charge on any atom is -0.385 e. The fourth-order valence-electron chi connectivity index (χ4n) is 4.98. The molecule has 1 aromatic carbocycles. The van der Waals surface area contributed by atoms with Crippen LogP contribution in [0, 0.1) is 0 Å². The number of nitrogens with zero attached hydrogens (tertiary/aromatic N) is 3. The van der Waals surface area contributed by atoms with Crippen molar-refractivity contribution < 1.29 is 19.1 Å². The first-order valence-corrected chi connectivity index (χ1v) is 11.9. The van der Waals surface area contributed by atoms with Gasteiger partial charge >= 0.3 is 0 Å². The van der Waals surface area contributed by atoms with Gasteiger partial charge in [0.1, 0.15) is 12.6 Å². The van der Waals surface area contributed by atoms with Gasteiger partial charge in [0.25, 0.3) is 5.91 Å². The fraction of sp³-hybridized carbons (Fsp3) is 0.625. The second kappa shape index (κ2) is 10.3. The van der Waals surface area contributed by atoms with Crippen LogP contribution >= 0.6 is 0 Å². The Labute approximate surface area is 189 Å². The van der Waals surface area contributed by atoms with Gasteiger partial charge < -0.3 is 19.9 Å². The van der Waals surface area contributed by atoms with Crippen LogP contribution in [-0.2, 0) is 14.3 Å². The number of fused-ring (bicyclic) bond motifs is 3. The molecule has 3 amide bonds. The number of hydrogen-bond acceptors (Lipinski definition) is 5. The minimum atomic E-state index is -0.235. The smallest absolute Gasteiger partial charge is 0.253 e. The second-order valence-corrected chi connectivity index (χ2v) is 8.88. The van der Waals surface area contributed by atoms with Crippen LogP contribution < -0.4 is 15.1 Å². The van der Waals surface area contributed by atoms with Crippen molar-refractivity contribution in [2.24, 2.45) is 0 Å². The molecule has 3 aliphatic heterocycles. The molecule has 0 saturated carbocycles. The van der Waals surface area contributed by atoms with Crippen molar-refractivity contribution in [3.05, 3.63) is 23.8 Å². The number of likely N-dealkylation sites (tertiary alicyclic amines) is 1. The molecule has 0 unspecified atom stereocenters. The summed E-state index contributed by atoms with van der Waals surface area (Å²) in [5.74, 6) is -0.242. The van der Waals surface area contributed by atoms with Gasteiger partial charge in [-0.25, -0.2) is 0 Å². The van der Waals surface area contributed by atoms with Crippen LogP contribution in [0.5, 0.6) is 0 Å². The van der Waals surface area contributed by atoms with Crippen molar-refractivity contribution in [2.75, 3.05) is 56.2 Å². The quantitative estimate of drug-likeness (QED) is 0.655. The normalized spacial score (nSPS) is 20.6. The molecule has 1 aromatic rings. The molecule has 3 aliphatic rings. The molecule has 4 rings (SSSR count). The predicted molar refractivity (Wildman–Crippen MR) is 123 cm³/mol. The molecule has 0 spiro atoms. The molecule has 174 valence electrons. The Kier molecular flexibility index (Phi) is 7.29. The molecule has 8 heteroatoms. The third kappa shape index (κ3) is 4.75. The van der Waals surface area contributed by atoms with Crippen LogP contribution in [-0.4, -0.2) is 75.1 Å². The molecule has 0 aliphatic carbocycles. The maximum Gasteiger partial charge on any atom is 0.253 e. The van der Waals surface area contributed by atoms with Gasteiger partial charge in [0.15, 0.2) is 0 Å². The molecule has 1 N–H and O–H groups in total. The first-order valence-electron chi connectivity index (χ1n) is 11.9. The number of anilines is 2. The van der Waals surface area contributed by atoms with Crippen LogP contribution in [0.3, 0.4) is 0 Å². The average molecular weight is 443 g/mol. The SMILES string of the molecule is COCCCNC(=O)CN1C(=O)[C@@H]2CCCCN2c2ccc(C(=O)N3CCCCC3)cc21. The van der Waals surface area contributed by atoms with Gasteiger partial charge in [-0.3, -0.25) is 19.3 Å². The first-order chi connectivity index (χ1) is 15.6. The molecule has 3 heterocycles. The van der Waals surface area contributed by atoms with Crippen molar-refractivity contribution in [1.29, 1.82) is 0 Å². The van der Waals surface area contributed by atoms with E-state index in [2.05, 4.69) is 10.2 Å². The maximum absolute atomic E-state index is 13.4. The van der Waals surface area contributed by atoms with Gasteiger partial charge in [0, 0.05) is 45.5 Å². The van der Waals surface area contributed by atoms with Gasteiger partial charge in [-0.2, -0.15) is 0 Å². The van der Waals surface area contributed by atoms with Gasteiger partial charge in [0.05, 0.1) is 11.4 Å². The number of amides is 3. The molecule has 0 bridgehead atoms. The number of methoxy groups -OCH3 is 1. The summed E-state index contributed by atoms with van der Waals surface area (Å²) in [4.78, 5) is 44.8. The summed E-state index contributed by atoms with van der Waals surface area (Å²) in [5.41, 5.74) is 2.19. The van der Waals surface area contributed by atoms with E-state index in [0.717, 1.165) is 70.3 Å². The summed E-state index contributed by atoms with van der Waals surface area (Å²) in [6.45, 7) is 3.41. The highest BCUT2D eigenvalue weighted by Crippen LogP contribution is 2.40. The summed E-state index contributed by atoms with van der Waals surface area (Å²) in [5, 5.41) is 2.88. The Morgan fingerprint density at radius 2 is 1.84 bits per heavy atom. The Hall–Kier alpha value is -2.61. The van der Waals surface area contributed by atoms with Gasteiger partial charge in [0.2, 0.25) is 11.8 Å². The van der Waals surface area contributed by atoms with Crippen molar-refractivity contribution in [2.45, 2.75) is 51.0 Å². The van der Waals surface area contributed by atoms with Crippen molar-refractivity contribution in [3.8, 4) is 0 Å². The molecular weight excluding hydrogens is 408 g/mol. The number of carbonyl (C=O) groups excluding carboxylic acids is 3. The minimum absolute atomic E-state index is 0.00434. The van der Waals surface area contributed by atoms with Crippen LogP contribution in [0.1, 0.15) is 55.3 Å². The summed E-state index contributed by atoms with van der Waals surface area (Å²) in [7, 11) is 1.63. The van der Waals surface area contributed by atoms with Gasteiger partial charge in [-0.15, -0.1) is 0 Å². The topological polar surface area (TPSA) is 82.2 Å². The molecule has 0 aromatic heterocycles. The van der Waals surface area contributed by atoms with Crippen molar-refractivity contribution >= 4 is 29.1 Å². The summed E-state index contributed by atoms with van der Waals surface area (Å²) >= 11 is 0. The van der Waals surface area contributed by atoms with E-state index in [0.29, 0.717) is 24.4 Å². The number of benzene rings is 1. The average Bonchev–Trinajstić information content (AvgIpc) is 2.84. The zero-order valence-electron chi connectivity index (χ0n) is 19.0. The number of carbonyl (C=O) groups is 3. The number of nitrogens with one attached hydrogen (secondary N) is 1. The van der Waals surface area contributed by atoms with E-state index in [4.69, 9.17) is 4.74 Å². The number of ether oxygens (including phenoxy) is 1. The van der Waals surface area contributed by atoms with E-state index in [1.54, 1.807) is 12.0 Å². The lowest BCUT2D eigenvalue weighted by Crippen LogP contribution is -2.57. The highest BCUT2D eigenvalue weighted by Gasteiger charge is 2.40. The van der Waals surface area contributed by atoms with Crippen LogP contribution in [0.15, 0.2) is 18.2 Å². The second-order valence-electron chi connectivity index (χ2n) is 8.88. The predicted octanol–water partition coefficient (Wildman–Crippen LogP) is 2.17. The van der Waals surface area contributed by atoms with Crippen LogP contribution in [0.2, 0.25) is 0 Å². The molecule has 32 heavy (non-hydrogen) atoms. The fourth-order valence-corrected chi connectivity index (χ4v) is 4.98. The van der Waals surface area contributed by atoms with E-state index < -0.39 is 0 Å². The maximum atomic E-state index is 13.4. The van der Waals surface area contributed by atoms with Gasteiger partial charge in [-0.05, 0) is 63.1 Å². The van der Waals surface area contributed by atoms with Crippen LogP contribution in [0.4, 0.5) is 11.4 Å². The van der Waals surface area contributed by atoms with E-state index in [1.165, 1.54) is 0 Å². The Bertz CT molecular complexity index is 852. The molecule has 2 saturated heterocycles. The van der Waals surface area contributed by atoms with Crippen LogP contribution in [0.25, 0.3) is 0 Å². The van der Waals surface area contributed by atoms with E-state index in [1.807, 2.05) is 23.1 Å². The molecular formula is C24H34N4O4. The zero-order chi connectivity index (χ0) is 22.5. The Morgan fingerprint density at radius 3 is 2.62 bits per heavy atom. The lowest BCUT2D eigenvalue weighted by atomic mass is 9.95. The third-order valence-electron chi connectivity index (χ3n) is 6.67. The summed E-state index contributed by atoms with van der Waals surface area (Å²) in [6, 6.07) is 5.41. The van der Waals surface area contributed by atoms with E-state index >= 15 is 0 Å². The lowest BCUT2D eigenvalue weighted by molar-refractivity contribution is -0.125. The van der Waals surface area contributed by atoms with Crippen molar-refractivity contribution in [1.82, 2.24) is 10.2 Å². The zero-order valence-corrected chi connectivity index (χ0v) is 19.0. The number of rotatable bonds is 7. The highest BCUT2D eigenvalue weighted by molar-refractivity contribution is 6.09. The molecule has 1 atom stereocenters. The lowest BCUT2D eigenvalue weighted by Gasteiger charge is -2.45. The largest absolute Gasteiger partial charge is 0.385 e. The Balaban J connectivity index is 1.59. The highest BCUT2D eigenvalue weighted by atomic mass is 16.5. The molecule has 2 fully saturated rings. The monoisotopic (exact) mass is 442 g/mol. The summed E-state index contributed by atoms with van der Waals surface area (Å²) < 4.78 is 5.02. The van der Waals surface area contributed by atoms with E-state index in [9.17, 15) is 14.4 Å². The standard InChI is InChI=1S/C24H34N4O4/c1-32-15-7-11-25-22(29)17-28-21-16-18(23(30)26-12-4-2-5-13-26)9-10-19(21)27-14-6-3-8-20(27)24(28)31/h9-10,16,20H,2-8,11-15,17H2,1H3,(H,25,29)/t20-/m0/s1. The molecule has 8 nitrogen and oxygen atoms in total. The third-order valence-corrected chi connectivity index (χ3v) is 6.67. The Morgan fingerprint density at radius 1 is 1.06 bits per heavy atom. The number of piperidine rings is 2. The molecule has 0 radical (unpaired) electrons. The summed E-state index contributed by atoms with van der Waals surface area (Å²) in [6.07, 6.45) is 6.77. The van der Waals surface area contributed by atoms with Gasteiger partial charge in [-0.1, -0.05) is 0 Å².